The van der Waals surface area contributed by atoms with E-state index in [1.807, 2.05) is 0 Å². The van der Waals surface area contributed by atoms with Gasteiger partial charge in [-0.1, -0.05) is 11.6 Å². The SMILES string of the molecule is CC(=O)OC(C[N+](=O)[O-])c1cnc(-c2nnc3ccc(Cl)nn23)[nH]1. The fraction of sp³-hybridized carbons (Fsp3) is 0.250. The molecule has 24 heavy (non-hydrogen) atoms. The summed E-state index contributed by atoms with van der Waals surface area (Å²) in [6, 6.07) is 3.20. The second-order valence-corrected chi connectivity index (χ2v) is 5.14. The van der Waals surface area contributed by atoms with Crippen LogP contribution < -0.4 is 0 Å². The summed E-state index contributed by atoms with van der Waals surface area (Å²) in [6.07, 6.45) is 0.243. The first-order chi connectivity index (χ1) is 11.4. The second-order valence-electron chi connectivity index (χ2n) is 4.75. The number of hydrogen-bond donors (Lipinski definition) is 1. The minimum absolute atomic E-state index is 0.237. The number of carbonyl (C=O) groups is 1. The van der Waals surface area contributed by atoms with Crippen LogP contribution in [0.3, 0.4) is 0 Å². The predicted octanol–water partition coefficient (Wildman–Crippen LogP) is 1.05. The lowest BCUT2D eigenvalue weighted by atomic mass is 10.3. The molecule has 0 aliphatic heterocycles. The number of H-pyrrole nitrogens is 1. The number of hydrogen-bond acceptors (Lipinski definition) is 8. The van der Waals surface area contributed by atoms with Crippen molar-refractivity contribution in [3.8, 4) is 11.6 Å². The molecule has 0 amide bonds. The van der Waals surface area contributed by atoms with E-state index in [4.69, 9.17) is 16.3 Å². The zero-order valence-corrected chi connectivity index (χ0v) is 13.0. The molecule has 0 fully saturated rings. The molecule has 0 aliphatic rings. The van der Waals surface area contributed by atoms with Crippen molar-refractivity contribution < 1.29 is 14.5 Å². The van der Waals surface area contributed by atoms with Crippen molar-refractivity contribution in [3.63, 3.8) is 0 Å². The lowest BCUT2D eigenvalue weighted by molar-refractivity contribution is -0.491. The summed E-state index contributed by atoms with van der Waals surface area (Å²) in [7, 11) is 0. The smallest absolute Gasteiger partial charge is 0.303 e. The van der Waals surface area contributed by atoms with E-state index in [0.29, 0.717) is 5.65 Å². The number of imidazole rings is 1. The van der Waals surface area contributed by atoms with Crippen LogP contribution in [0.2, 0.25) is 5.15 Å². The van der Waals surface area contributed by atoms with E-state index in [2.05, 4.69) is 25.3 Å². The van der Waals surface area contributed by atoms with Crippen molar-refractivity contribution in [1.82, 2.24) is 29.8 Å². The molecule has 0 saturated carbocycles. The number of aromatic nitrogens is 6. The van der Waals surface area contributed by atoms with Gasteiger partial charge in [-0.05, 0) is 12.1 Å². The van der Waals surface area contributed by atoms with E-state index >= 15 is 0 Å². The Morgan fingerprint density at radius 3 is 3.00 bits per heavy atom. The van der Waals surface area contributed by atoms with Gasteiger partial charge >= 0.3 is 5.97 Å². The van der Waals surface area contributed by atoms with Gasteiger partial charge in [0.15, 0.2) is 11.5 Å². The average molecular weight is 352 g/mol. The summed E-state index contributed by atoms with van der Waals surface area (Å²) in [4.78, 5) is 28.2. The number of rotatable bonds is 5. The molecule has 3 aromatic rings. The van der Waals surface area contributed by atoms with Gasteiger partial charge in [-0.3, -0.25) is 14.9 Å². The lowest BCUT2D eigenvalue weighted by Crippen LogP contribution is -2.18. The molecule has 11 nitrogen and oxygen atoms in total. The van der Waals surface area contributed by atoms with Crippen LogP contribution in [0.5, 0.6) is 0 Å². The number of nitro groups is 1. The molecule has 1 N–H and O–H groups in total. The first-order valence-electron chi connectivity index (χ1n) is 6.66. The zero-order valence-electron chi connectivity index (χ0n) is 12.2. The Labute approximate surface area is 138 Å². The van der Waals surface area contributed by atoms with Crippen LogP contribution >= 0.6 is 11.6 Å². The van der Waals surface area contributed by atoms with Gasteiger partial charge in [-0.2, -0.15) is 9.61 Å². The number of nitrogens with zero attached hydrogens (tertiary/aromatic N) is 6. The Balaban J connectivity index is 1.97. The topological polar surface area (TPSA) is 141 Å². The van der Waals surface area contributed by atoms with E-state index in [1.165, 1.54) is 17.6 Å². The highest BCUT2D eigenvalue weighted by Gasteiger charge is 2.24. The molecule has 12 heteroatoms. The van der Waals surface area contributed by atoms with Gasteiger partial charge in [0.25, 0.3) is 0 Å². The summed E-state index contributed by atoms with van der Waals surface area (Å²) < 4.78 is 6.33. The van der Waals surface area contributed by atoms with Gasteiger partial charge in [0.1, 0.15) is 5.15 Å². The van der Waals surface area contributed by atoms with Crippen molar-refractivity contribution in [2.75, 3.05) is 6.54 Å². The maximum Gasteiger partial charge on any atom is 0.303 e. The van der Waals surface area contributed by atoms with E-state index < -0.39 is 23.5 Å². The van der Waals surface area contributed by atoms with Gasteiger partial charge in [-0.15, -0.1) is 10.2 Å². The van der Waals surface area contributed by atoms with Crippen LogP contribution in [0.25, 0.3) is 17.3 Å². The highest BCUT2D eigenvalue weighted by Crippen LogP contribution is 2.21. The summed E-state index contributed by atoms with van der Waals surface area (Å²) >= 11 is 5.85. The maximum atomic E-state index is 11.1. The number of fused-ring (bicyclic) bond motifs is 1. The van der Waals surface area contributed by atoms with Crippen molar-refractivity contribution in [2.45, 2.75) is 13.0 Å². The van der Waals surface area contributed by atoms with Gasteiger partial charge in [0.05, 0.1) is 11.9 Å². The van der Waals surface area contributed by atoms with Crippen molar-refractivity contribution in [2.24, 2.45) is 0 Å². The normalized spacial score (nSPS) is 12.2. The molecule has 0 spiro atoms. The van der Waals surface area contributed by atoms with Crippen LogP contribution in [0.1, 0.15) is 18.7 Å². The third-order valence-electron chi connectivity index (χ3n) is 3.01. The first kappa shape index (κ1) is 15.8. The Bertz CT molecular complexity index is 905. The van der Waals surface area contributed by atoms with Crippen molar-refractivity contribution >= 4 is 23.2 Å². The number of aromatic amines is 1. The van der Waals surface area contributed by atoms with Crippen LogP contribution in [-0.2, 0) is 9.53 Å². The third kappa shape index (κ3) is 3.15. The molecule has 1 unspecified atom stereocenters. The molecular weight excluding hydrogens is 342 g/mol. The Morgan fingerprint density at radius 2 is 2.29 bits per heavy atom. The number of ether oxygens (including phenoxy) is 1. The summed E-state index contributed by atoms with van der Waals surface area (Å²) in [6.45, 7) is 0.577. The fourth-order valence-electron chi connectivity index (χ4n) is 2.06. The molecule has 0 radical (unpaired) electrons. The van der Waals surface area contributed by atoms with Gasteiger partial charge in [0.2, 0.25) is 18.5 Å². The summed E-state index contributed by atoms with van der Waals surface area (Å²) in [5, 5.41) is 22.9. The molecule has 3 heterocycles. The van der Waals surface area contributed by atoms with Crippen LogP contribution in [0.15, 0.2) is 18.3 Å². The Morgan fingerprint density at radius 1 is 1.50 bits per heavy atom. The number of carbonyl (C=O) groups excluding carboxylic acids is 1. The highest BCUT2D eigenvalue weighted by atomic mass is 35.5. The van der Waals surface area contributed by atoms with E-state index in [9.17, 15) is 14.9 Å². The zero-order chi connectivity index (χ0) is 17.3. The summed E-state index contributed by atoms with van der Waals surface area (Å²) in [5.41, 5.74) is 0.713. The average Bonchev–Trinajstić information content (AvgIpc) is 3.11. The predicted molar refractivity (Wildman–Crippen MR) is 79.7 cm³/mol. The van der Waals surface area contributed by atoms with Crippen LogP contribution in [0, 0.1) is 10.1 Å². The van der Waals surface area contributed by atoms with Crippen LogP contribution in [0.4, 0.5) is 0 Å². The highest BCUT2D eigenvalue weighted by molar-refractivity contribution is 6.29. The van der Waals surface area contributed by atoms with Crippen molar-refractivity contribution in [3.05, 3.63) is 39.3 Å². The van der Waals surface area contributed by atoms with Gasteiger partial charge < -0.3 is 9.72 Å². The molecular formula is C12H10ClN7O4. The van der Waals surface area contributed by atoms with Crippen LogP contribution in [-0.4, -0.2) is 47.2 Å². The van der Waals surface area contributed by atoms with E-state index in [-0.39, 0.29) is 22.5 Å². The van der Waals surface area contributed by atoms with E-state index in [0.717, 1.165) is 0 Å². The Kier molecular flexibility index (Phi) is 4.08. The fourth-order valence-corrected chi connectivity index (χ4v) is 2.20. The molecule has 124 valence electrons. The second kappa shape index (κ2) is 6.20. The lowest BCUT2D eigenvalue weighted by Gasteiger charge is -2.10. The molecule has 1 atom stereocenters. The minimum atomic E-state index is -1.09. The molecule has 0 bridgehead atoms. The van der Waals surface area contributed by atoms with Crippen molar-refractivity contribution in [1.29, 1.82) is 0 Å². The van der Waals surface area contributed by atoms with Gasteiger partial charge in [0, 0.05) is 11.8 Å². The minimum Gasteiger partial charge on any atom is -0.449 e. The molecule has 0 aliphatic carbocycles. The molecule has 0 aromatic carbocycles. The van der Waals surface area contributed by atoms with Gasteiger partial charge in [-0.25, -0.2) is 4.98 Å². The monoisotopic (exact) mass is 351 g/mol. The number of nitrogens with one attached hydrogen (secondary N) is 1. The first-order valence-corrected chi connectivity index (χ1v) is 7.04. The molecule has 3 aromatic heterocycles. The quantitative estimate of drug-likeness (QED) is 0.408. The third-order valence-corrected chi connectivity index (χ3v) is 3.21. The molecule has 0 saturated heterocycles. The number of halogens is 1. The number of esters is 1. The summed E-state index contributed by atoms with van der Waals surface area (Å²) in [5.74, 6) is -0.117. The Hall–Kier alpha value is -3.08. The van der Waals surface area contributed by atoms with E-state index in [1.54, 1.807) is 12.1 Å². The molecule has 3 rings (SSSR count). The maximum absolute atomic E-state index is 11.1. The standard InChI is InChI=1S/C12H10ClN7O4/c1-6(21)24-8(5-19(22)23)7-4-14-11(15-7)12-17-16-10-3-2-9(13)18-20(10)12/h2-4,8H,5H2,1H3,(H,14,15). The largest absolute Gasteiger partial charge is 0.449 e.